The lowest BCUT2D eigenvalue weighted by atomic mass is 10.1. The minimum absolute atomic E-state index is 0. The number of rotatable bonds is 0. The van der Waals surface area contributed by atoms with Gasteiger partial charge in [-0.15, -0.1) is 12.4 Å². The van der Waals surface area contributed by atoms with E-state index in [2.05, 4.69) is 10.3 Å². The molecule has 0 bridgehead atoms. The van der Waals surface area contributed by atoms with E-state index in [1.54, 1.807) is 7.05 Å². The summed E-state index contributed by atoms with van der Waals surface area (Å²) in [6, 6.07) is 7.58. The SMILES string of the molecule is CNC1=Nc2c(F)cccc2N(F)c2ccc(F)cc21.Cl. The average Bonchev–Trinajstić information content (AvgIpc) is 2.56. The van der Waals surface area contributed by atoms with Crippen LogP contribution in [0.15, 0.2) is 41.4 Å². The summed E-state index contributed by atoms with van der Waals surface area (Å²) in [5, 5.41) is 3.05. The van der Waals surface area contributed by atoms with Gasteiger partial charge in [0.05, 0.1) is 5.69 Å². The first-order valence-corrected chi connectivity index (χ1v) is 5.92. The maximum absolute atomic E-state index is 14.5. The summed E-state index contributed by atoms with van der Waals surface area (Å²) >= 11 is 0. The predicted octanol–water partition coefficient (Wildman–Crippen LogP) is 4.02. The summed E-state index contributed by atoms with van der Waals surface area (Å²) in [6.07, 6.45) is 0. The van der Waals surface area contributed by atoms with E-state index >= 15 is 0 Å². The molecule has 110 valence electrons. The quantitative estimate of drug-likeness (QED) is 0.744. The van der Waals surface area contributed by atoms with Crippen LogP contribution in [0.5, 0.6) is 0 Å². The van der Waals surface area contributed by atoms with Crippen LogP contribution in [0.25, 0.3) is 0 Å². The van der Waals surface area contributed by atoms with Gasteiger partial charge in [-0.2, -0.15) is 5.12 Å². The van der Waals surface area contributed by atoms with Crippen molar-refractivity contribution < 1.29 is 13.3 Å². The first kappa shape index (κ1) is 15.2. The van der Waals surface area contributed by atoms with Gasteiger partial charge >= 0.3 is 0 Å². The van der Waals surface area contributed by atoms with Crippen molar-refractivity contribution in [2.75, 3.05) is 12.2 Å². The van der Waals surface area contributed by atoms with Crippen molar-refractivity contribution in [3.8, 4) is 0 Å². The van der Waals surface area contributed by atoms with Crippen LogP contribution in [0.2, 0.25) is 0 Å². The Labute approximate surface area is 125 Å². The summed E-state index contributed by atoms with van der Waals surface area (Å²) in [4.78, 5) is 4.07. The van der Waals surface area contributed by atoms with E-state index in [0.717, 1.165) is 12.1 Å². The van der Waals surface area contributed by atoms with E-state index in [9.17, 15) is 13.3 Å². The lowest BCUT2D eigenvalue weighted by molar-refractivity contribution is 0.503. The fraction of sp³-hybridized carbons (Fsp3) is 0.0714. The maximum Gasteiger partial charge on any atom is 0.151 e. The zero-order valence-corrected chi connectivity index (χ0v) is 11.7. The zero-order chi connectivity index (χ0) is 14.3. The Morgan fingerprint density at radius 1 is 1.10 bits per heavy atom. The van der Waals surface area contributed by atoms with Crippen LogP contribution in [0.1, 0.15) is 5.56 Å². The molecule has 0 radical (unpaired) electrons. The van der Waals surface area contributed by atoms with Gasteiger partial charge in [-0.25, -0.2) is 13.8 Å². The molecule has 21 heavy (non-hydrogen) atoms. The van der Waals surface area contributed by atoms with E-state index in [0.29, 0.717) is 5.12 Å². The van der Waals surface area contributed by atoms with Crippen molar-refractivity contribution >= 4 is 35.3 Å². The summed E-state index contributed by atoms with van der Waals surface area (Å²) < 4.78 is 41.7. The van der Waals surface area contributed by atoms with Crippen LogP contribution < -0.4 is 10.4 Å². The maximum atomic E-state index is 14.5. The summed E-state index contributed by atoms with van der Waals surface area (Å²) in [5.41, 5.74) is 0.175. The molecule has 0 aromatic heterocycles. The van der Waals surface area contributed by atoms with Crippen molar-refractivity contribution in [2.24, 2.45) is 4.99 Å². The van der Waals surface area contributed by atoms with E-state index in [-0.39, 0.29) is 40.9 Å². The minimum atomic E-state index is -0.647. The monoisotopic (exact) mass is 313 g/mol. The van der Waals surface area contributed by atoms with Gasteiger partial charge in [0.15, 0.2) is 5.82 Å². The van der Waals surface area contributed by atoms with Crippen LogP contribution in [-0.4, -0.2) is 12.9 Å². The first-order valence-electron chi connectivity index (χ1n) is 5.92. The van der Waals surface area contributed by atoms with E-state index in [1.807, 2.05) is 0 Å². The second-order valence-corrected chi connectivity index (χ2v) is 4.26. The number of amidine groups is 1. The number of para-hydroxylation sites is 1. The Kier molecular flexibility index (Phi) is 4.09. The molecular formula is C14H11ClF3N3. The molecule has 0 fully saturated rings. The summed E-state index contributed by atoms with van der Waals surface area (Å²) in [5.74, 6) is -0.969. The second-order valence-electron chi connectivity index (χ2n) is 4.26. The Bertz CT molecular complexity index is 719. The molecule has 1 heterocycles. The highest BCUT2D eigenvalue weighted by molar-refractivity contribution is 6.07. The van der Waals surface area contributed by atoms with Crippen LogP contribution in [-0.2, 0) is 0 Å². The molecule has 1 aliphatic rings. The number of nitrogens with zero attached hydrogens (tertiary/aromatic N) is 2. The number of fused-ring (bicyclic) bond motifs is 2. The van der Waals surface area contributed by atoms with Crippen molar-refractivity contribution in [1.29, 1.82) is 0 Å². The summed E-state index contributed by atoms with van der Waals surface area (Å²) in [7, 11) is 1.56. The molecule has 0 saturated carbocycles. The van der Waals surface area contributed by atoms with Crippen molar-refractivity contribution in [1.82, 2.24) is 5.32 Å². The molecule has 3 nitrogen and oxygen atoms in total. The molecule has 1 aliphatic heterocycles. The molecule has 0 aliphatic carbocycles. The van der Waals surface area contributed by atoms with Crippen molar-refractivity contribution in [3.63, 3.8) is 0 Å². The zero-order valence-electron chi connectivity index (χ0n) is 10.9. The minimum Gasteiger partial charge on any atom is -0.373 e. The molecule has 0 saturated heterocycles. The molecule has 2 aromatic carbocycles. The van der Waals surface area contributed by atoms with Crippen LogP contribution >= 0.6 is 12.4 Å². The third-order valence-corrected chi connectivity index (χ3v) is 3.06. The number of hydrogen-bond acceptors (Lipinski definition) is 3. The number of aliphatic imine (C=N–C) groups is 1. The highest BCUT2D eigenvalue weighted by Crippen LogP contribution is 2.40. The van der Waals surface area contributed by atoms with Gasteiger partial charge in [-0.1, -0.05) is 10.5 Å². The van der Waals surface area contributed by atoms with Crippen LogP contribution in [0, 0.1) is 11.6 Å². The highest BCUT2D eigenvalue weighted by atomic mass is 35.5. The molecule has 0 amide bonds. The van der Waals surface area contributed by atoms with Gasteiger partial charge in [-0.05, 0) is 30.3 Å². The van der Waals surface area contributed by atoms with Gasteiger partial charge in [0.2, 0.25) is 0 Å². The molecule has 0 atom stereocenters. The number of benzene rings is 2. The van der Waals surface area contributed by atoms with Crippen LogP contribution in [0.3, 0.4) is 0 Å². The topological polar surface area (TPSA) is 27.6 Å². The average molecular weight is 314 g/mol. The lowest BCUT2D eigenvalue weighted by Crippen LogP contribution is -2.20. The molecule has 7 heteroatoms. The van der Waals surface area contributed by atoms with Gasteiger partial charge in [0, 0.05) is 12.6 Å². The van der Waals surface area contributed by atoms with Gasteiger partial charge in [0.25, 0.3) is 0 Å². The number of hydrogen-bond donors (Lipinski definition) is 1. The normalized spacial score (nSPS) is 12.6. The fourth-order valence-electron chi connectivity index (χ4n) is 2.13. The molecule has 0 unspecified atom stereocenters. The molecule has 2 aromatic rings. The number of nitrogens with one attached hydrogen (secondary N) is 1. The van der Waals surface area contributed by atoms with E-state index in [1.165, 1.54) is 24.3 Å². The van der Waals surface area contributed by atoms with E-state index < -0.39 is 11.6 Å². The standard InChI is InChI=1S/C14H10F3N3.ClH/c1-18-14-9-7-8(15)5-6-11(9)20(17)12-4-2-3-10(16)13(12)19-14;/h2-7H,1H3,(H,18,19);1H. The van der Waals surface area contributed by atoms with Crippen molar-refractivity contribution in [2.45, 2.75) is 0 Å². The molecule has 3 rings (SSSR count). The fourth-order valence-corrected chi connectivity index (χ4v) is 2.13. The van der Waals surface area contributed by atoms with Gasteiger partial charge < -0.3 is 5.32 Å². The Balaban J connectivity index is 0.00000161. The third kappa shape index (κ3) is 2.42. The molecule has 1 N–H and O–H groups in total. The van der Waals surface area contributed by atoms with Crippen molar-refractivity contribution in [3.05, 3.63) is 53.6 Å². The smallest absolute Gasteiger partial charge is 0.151 e. The largest absolute Gasteiger partial charge is 0.373 e. The van der Waals surface area contributed by atoms with Gasteiger partial charge in [-0.3, -0.25) is 0 Å². The number of halogens is 4. The summed E-state index contributed by atoms with van der Waals surface area (Å²) in [6.45, 7) is 0. The van der Waals surface area contributed by atoms with Gasteiger partial charge in [0.1, 0.15) is 23.0 Å². The predicted molar refractivity (Wildman–Crippen MR) is 78.6 cm³/mol. The lowest BCUT2D eigenvalue weighted by Gasteiger charge is -2.16. The Hall–Kier alpha value is -2.21. The second kappa shape index (κ2) is 5.65. The number of anilines is 2. The molecule has 0 spiro atoms. The molecular weight excluding hydrogens is 303 g/mol. The Morgan fingerprint density at radius 2 is 1.86 bits per heavy atom. The third-order valence-electron chi connectivity index (χ3n) is 3.06. The highest BCUT2D eigenvalue weighted by Gasteiger charge is 2.25. The Morgan fingerprint density at radius 3 is 2.57 bits per heavy atom. The first-order chi connectivity index (χ1) is 9.61. The van der Waals surface area contributed by atoms with E-state index in [4.69, 9.17) is 0 Å². The van der Waals surface area contributed by atoms with Crippen LogP contribution in [0.4, 0.5) is 30.3 Å².